The Balaban J connectivity index is 0.000000253. The summed E-state index contributed by atoms with van der Waals surface area (Å²) in [5.74, 6) is 2.72. The molecule has 0 radical (unpaired) electrons. The maximum Gasteiger partial charge on any atom is 0.178 e. The number of nitrogens with two attached hydrogens (primary N) is 1. The van der Waals surface area contributed by atoms with Crippen molar-refractivity contribution >= 4 is 38.3 Å². The first-order valence-electron chi connectivity index (χ1n) is 12.3. The van der Waals surface area contributed by atoms with E-state index in [0.717, 1.165) is 50.3 Å². The first-order valence-corrected chi connectivity index (χ1v) is 13.1. The van der Waals surface area contributed by atoms with Crippen LogP contribution in [0.2, 0.25) is 0 Å². The van der Waals surface area contributed by atoms with Crippen LogP contribution in [0, 0.1) is 31.1 Å². The van der Waals surface area contributed by atoms with Gasteiger partial charge in [0, 0.05) is 28.0 Å². The SMILES string of the molecule is Cc1nc2nccc(-c3ccc(OC[C@@](C)(N)CC(C)C)c(C#N)c3)c2[nH]1.Cc1nc2nccc(Br)c2[nH]1. The molecule has 0 unspecified atom stereocenters. The van der Waals surface area contributed by atoms with Gasteiger partial charge in [-0.3, -0.25) is 0 Å². The van der Waals surface area contributed by atoms with Crippen LogP contribution in [0.5, 0.6) is 5.75 Å². The molecule has 4 aromatic heterocycles. The minimum absolute atomic E-state index is 0.360. The second kappa shape index (κ2) is 11.3. The van der Waals surface area contributed by atoms with Crippen molar-refractivity contribution in [1.29, 1.82) is 5.26 Å². The average Bonchev–Trinajstić information content (AvgIpc) is 3.44. The van der Waals surface area contributed by atoms with Crippen molar-refractivity contribution in [1.82, 2.24) is 29.9 Å². The number of benzene rings is 1. The zero-order chi connectivity index (χ0) is 27.4. The molecular weight excluding hydrogens is 544 g/mol. The first kappa shape index (κ1) is 27.2. The van der Waals surface area contributed by atoms with Crippen molar-refractivity contribution < 1.29 is 4.74 Å². The molecule has 4 N–H and O–H groups in total. The smallest absolute Gasteiger partial charge is 0.178 e. The highest BCUT2D eigenvalue weighted by Crippen LogP contribution is 2.30. The summed E-state index contributed by atoms with van der Waals surface area (Å²) in [5, 5.41) is 9.59. The third kappa shape index (κ3) is 6.36. The number of aryl methyl sites for hydroxylation is 2. The van der Waals surface area contributed by atoms with Crippen molar-refractivity contribution in [2.45, 2.75) is 46.6 Å². The van der Waals surface area contributed by atoms with E-state index in [1.807, 2.05) is 51.1 Å². The second-order valence-electron chi connectivity index (χ2n) is 10.1. The number of nitrogens with one attached hydrogen (secondary N) is 2. The molecule has 0 spiro atoms. The molecule has 9 nitrogen and oxygen atoms in total. The van der Waals surface area contributed by atoms with Gasteiger partial charge in [-0.15, -0.1) is 0 Å². The normalized spacial score (nSPS) is 12.7. The third-order valence-corrected chi connectivity index (χ3v) is 6.47. The number of hydrogen-bond acceptors (Lipinski definition) is 7. The minimum atomic E-state index is -0.440. The Morgan fingerprint density at radius 3 is 2.29 bits per heavy atom. The summed E-state index contributed by atoms with van der Waals surface area (Å²) in [7, 11) is 0. The summed E-state index contributed by atoms with van der Waals surface area (Å²) < 4.78 is 6.90. The van der Waals surface area contributed by atoms with E-state index in [-0.39, 0.29) is 0 Å². The lowest BCUT2D eigenvalue weighted by molar-refractivity contribution is 0.206. The Morgan fingerprint density at radius 1 is 1.03 bits per heavy atom. The zero-order valence-electron chi connectivity index (χ0n) is 22.1. The fourth-order valence-corrected chi connectivity index (χ4v) is 4.80. The first-order chi connectivity index (χ1) is 18.1. The van der Waals surface area contributed by atoms with E-state index in [0.29, 0.717) is 29.5 Å². The molecular formula is C28H31BrN8O. The van der Waals surface area contributed by atoms with E-state index in [1.165, 1.54) is 0 Å². The topological polar surface area (TPSA) is 142 Å². The molecule has 0 aliphatic rings. The van der Waals surface area contributed by atoms with Crippen LogP contribution < -0.4 is 10.5 Å². The van der Waals surface area contributed by atoms with Gasteiger partial charge in [0.2, 0.25) is 0 Å². The van der Waals surface area contributed by atoms with Gasteiger partial charge in [0.1, 0.15) is 30.1 Å². The van der Waals surface area contributed by atoms with Crippen LogP contribution in [-0.2, 0) is 0 Å². The maximum absolute atomic E-state index is 9.59. The van der Waals surface area contributed by atoms with Gasteiger partial charge in [-0.2, -0.15) is 5.26 Å². The highest BCUT2D eigenvalue weighted by Gasteiger charge is 2.22. The van der Waals surface area contributed by atoms with Gasteiger partial charge in [0.05, 0.1) is 16.6 Å². The molecule has 0 saturated carbocycles. The summed E-state index contributed by atoms with van der Waals surface area (Å²) in [4.78, 5) is 23.3. The quantitative estimate of drug-likeness (QED) is 0.226. The minimum Gasteiger partial charge on any atom is -0.490 e. The molecule has 4 heterocycles. The van der Waals surface area contributed by atoms with Crippen LogP contribution in [0.25, 0.3) is 33.5 Å². The van der Waals surface area contributed by atoms with E-state index in [4.69, 9.17) is 10.5 Å². The number of nitrogens with zero attached hydrogens (tertiary/aromatic N) is 5. The van der Waals surface area contributed by atoms with E-state index < -0.39 is 5.54 Å². The number of pyridine rings is 2. The number of aromatic amines is 2. The van der Waals surface area contributed by atoms with E-state index in [1.54, 1.807) is 12.4 Å². The van der Waals surface area contributed by atoms with Gasteiger partial charge in [-0.25, -0.2) is 19.9 Å². The van der Waals surface area contributed by atoms with Crippen molar-refractivity contribution in [2.24, 2.45) is 11.7 Å². The van der Waals surface area contributed by atoms with Crippen LogP contribution >= 0.6 is 15.9 Å². The Hall–Kier alpha value is -3.81. The number of imidazole rings is 2. The summed E-state index contributed by atoms with van der Waals surface area (Å²) in [5.41, 5.74) is 11.5. The zero-order valence-corrected chi connectivity index (χ0v) is 23.7. The number of rotatable bonds is 6. The van der Waals surface area contributed by atoms with Crippen LogP contribution in [0.15, 0.2) is 47.2 Å². The molecule has 0 amide bonds. The van der Waals surface area contributed by atoms with Crippen LogP contribution in [-0.4, -0.2) is 42.0 Å². The fourth-order valence-electron chi connectivity index (χ4n) is 4.41. The molecule has 0 aliphatic heterocycles. The number of ether oxygens (including phenoxy) is 1. The Kier molecular flexibility index (Phi) is 8.09. The summed E-state index contributed by atoms with van der Waals surface area (Å²) >= 11 is 3.40. The number of H-pyrrole nitrogens is 2. The maximum atomic E-state index is 9.59. The lowest BCUT2D eigenvalue weighted by Gasteiger charge is -2.26. The van der Waals surface area contributed by atoms with Crippen LogP contribution in [0.4, 0.5) is 0 Å². The second-order valence-corrected chi connectivity index (χ2v) is 10.9. The largest absolute Gasteiger partial charge is 0.490 e. The molecule has 38 heavy (non-hydrogen) atoms. The van der Waals surface area contributed by atoms with Crippen molar-refractivity contribution in [2.75, 3.05) is 6.61 Å². The van der Waals surface area contributed by atoms with Gasteiger partial charge in [-0.05, 0) is 78.9 Å². The Labute approximate surface area is 230 Å². The fraction of sp³-hybridized carbons (Fsp3) is 0.321. The number of fused-ring (bicyclic) bond motifs is 2. The summed E-state index contributed by atoms with van der Waals surface area (Å²) in [6, 6.07) is 11.6. The highest BCUT2D eigenvalue weighted by atomic mass is 79.9. The lowest BCUT2D eigenvalue weighted by atomic mass is 9.93. The van der Waals surface area contributed by atoms with Gasteiger partial charge in [0.25, 0.3) is 0 Å². The molecule has 196 valence electrons. The van der Waals surface area contributed by atoms with Crippen molar-refractivity contribution in [3.63, 3.8) is 0 Å². The molecule has 0 fully saturated rings. The molecule has 1 aromatic carbocycles. The number of halogens is 1. The van der Waals surface area contributed by atoms with E-state index in [9.17, 15) is 5.26 Å². The molecule has 5 rings (SSSR count). The molecule has 10 heteroatoms. The van der Waals surface area contributed by atoms with Gasteiger partial charge < -0.3 is 20.4 Å². The summed E-state index contributed by atoms with van der Waals surface area (Å²) in [6.45, 7) is 10.4. The van der Waals surface area contributed by atoms with Gasteiger partial charge >= 0.3 is 0 Å². The van der Waals surface area contributed by atoms with Crippen LogP contribution in [0.3, 0.4) is 0 Å². The summed E-state index contributed by atoms with van der Waals surface area (Å²) in [6.07, 6.45) is 4.30. The molecule has 5 aromatic rings. The van der Waals surface area contributed by atoms with Gasteiger partial charge in [0.15, 0.2) is 11.3 Å². The van der Waals surface area contributed by atoms with Crippen molar-refractivity contribution in [3.05, 3.63) is 64.4 Å². The van der Waals surface area contributed by atoms with Crippen molar-refractivity contribution in [3.8, 4) is 22.9 Å². The third-order valence-electron chi connectivity index (χ3n) is 5.81. The predicted octanol–water partition coefficient (Wildman–Crippen LogP) is 5.98. The van der Waals surface area contributed by atoms with E-state index >= 15 is 0 Å². The Morgan fingerprint density at radius 2 is 1.66 bits per heavy atom. The highest BCUT2D eigenvalue weighted by molar-refractivity contribution is 9.10. The lowest BCUT2D eigenvalue weighted by Crippen LogP contribution is -2.43. The van der Waals surface area contributed by atoms with Crippen LogP contribution in [0.1, 0.15) is 44.4 Å². The average molecular weight is 576 g/mol. The molecule has 0 aliphatic carbocycles. The molecule has 0 saturated heterocycles. The molecule has 0 bridgehead atoms. The number of hydrogen-bond donors (Lipinski definition) is 3. The number of aromatic nitrogens is 6. The number of nitriles is 1. The Bertz CT molecular complexity index is 1610. The monoisotopic (exact) mass is 574 g/mol. The predicted molar refractivity (Wildman–Crippen MR) is 153 cm³/mol. The molecule has 1 atom stereocenters. The van der Waals surface area contributed by atoms with E-state index in [2.05, 4.69) is 65.8 Å². The standard InChI is InChI=1S/C21H25N5O.C7H6BrN3/c1-13(2)10-21(4,23)12-27-18-6-5-15(9-16(18)11-22)17-7-8-24-20-19(17)25-14(3)26-20;1-4-10-6-5(8)2-3-9-7(6)11-4/h5-9,13H,10,12,23H2,1-4H3,(H,24,25,26);2-3H,1H3,(H,9,10,11)/t21-;/m0./s1. The van der Waals surface area contributed by atoms with Gasteiger partial charge in [-0.1, -0.05) is 19.9 Å².